The summed E-state index contributed by atoms with van der Waals surface area (Å²) in [5, 5.41) is 10.6. The van der Waals surface area contributed by atoms with Crippen molar-refractivity contribution in [3.05, 3.63) is 29.8 Å². The van der Waals surface area contributed by atoms with Crippen molar-refractivity contribution in [2.24, 2.45) is 0 Å². The molecule has 0 aliphatic rings. The molecule has 0 fully saturated rings. The molecule has 1 N–H and O–H groups in total. The Bertz CT molecular complexity index is 373. The quantitative estimate of drug-likeness (QED) is 0.724. The number of nitriles is 1. The number of pyridine rings is 1. The van der Waals surface area contributed by atoms with E-state index in [9.17, 15) is 9.18 Å². The molecule has 0 radical (unpaired) electrons. The third-order valence-corrected chi connectivity index (χ3v) is 1.54. The van der Waals surface area contributed by atoms with Crippen LogP contribution >= 0.6 is 0 Å². The van der Waals surface area contributed by atoms with Crippen LogP contribution in [-0.4, -0.2) is 17.4 Å². The van der Waals surface area contributed by atoms with E-state index in [2.05, 4.69) is 10.3 Å². The number of amides is 1. The smallest absolute Gasteiger partial charge is 0.254 e. The van der Waals surface area contributed by atoms with E-state index in [1.54, 1.807) is 0 Å². The highest BCUT2D eigenvalue weighted by Gasteiger charge is 2.09. The SMILES string of the molecule is N#CCCNC(=O)c1ccncc1F. The van der Waals surface area contributed by atoms with Crippen molar-refractivity contribution in [3.63, 3.8) is 0 Å². The van der Waals surface area contributed by atoms with E-state index < -0.39 is 11.7 Å². The number of hydrogen-bond donors (Lipinski definition) is 1. The normalized spacial score (nSPS) is 9.14. The second-order valence-electron chi connectivity index (χ2n) is 2.52. The number of carbonyl (C=O) groups is 1. The van der Waals surface area contributed by atoms with Gasteiger partial charge in [0, 0.05) is 12.7 Å². The first-order valence-electron chi connectivity index (χ1n) is 4.00. The van der Waals surface area contributed by atoms with Crippen molar-refractivity contribution < 1.29 is 9.18 Å². The van der Waals surface area contributed by atoms with Crippen LogP contribution in [0.2, 0.25) is 0 Å². The fourth-order valence-corrected chi connectivity index (χ4v) is 0.886. The van der Waals surface area contributed by atoms with Crippen LogP contribution in [0.15, 0.2) is 18.5 Å². The minimum atomic E-state index is -0.665. The van der Waals surface area contributed by atoms with Gasteiger partial charge in [0.15, 0.2) is 5.82 Å². The van der Waals surface area contributed by atoms with Gasteiger partial charge in [-0.15, -0.1) is 0 Å². The maximum Gasteiger partial charge on any atom is 0.254 e. The maximum atomic E-state index is 13.0. The second kappa shape index (κ2) is 4.92. The molecule has 0 saturated carbocycles. The molecule has 1 aromatic heterocycles. The molecule has 1 rings (SSSR count). The first-order chi connectivity index (χ1) is 6.75. The van der Waals surface area contributed by atoms with E-state index in [1.165, 1.54) is 12.3 Å². The number of nitrogens with zero attached hydrogens (tertiary/aromatic N) is 2. The van der Waals surface area contributed by atoms with Crippen LogP contribution < -0.4 is 5.32 Å². The number of hydrogen-bond acceptors (Lipinski definition) is 3. The van der Waals surface area contributed by atoms with Gasteiger partial charge in [-0.05, 0) is 6.07 Å². The van der Waals surface area contributed by atoms with Crippen LogP contribution in [0.25, 0.3) is 0 Å². The van der Waals surface area contributed by atoms with Gasteiger partial charge in [-0.2, -0.15) is 5.26 Å². The summed E-state index contributed by atoms with van der Waals surface area (Å²) in [6.45, 7) is 0.219. The molecule has 0 aliphatic heterocycles. The van der Waals surface area contributed by atoms with Crippen molar-refractivity contribution in [2.75, 3.05) is 6.54 Å². The number of rotatable bonds is 3. The average molecular weight is 193 g/mol. The summed E-state index contributed by atoms with van der Waals surface area (Å²) in [7, 11) is 0. The first-order valence-corrected chi connectivity index (χ1v) is 4.00. The topological polar surface area (TPSA) is 65.8 Å². The third kappa shape index (κ3) is 2.52. The van der Waals surface area contributed by atoms with E-state index in [0.717, 1.165) is 6.20 Å². The zero-order chi connectivity index (χ0) is 10.4. The third-order valence-electron chi connectivity index (χ3n) is 1.54. The molecule has 5 heteroatoms. The summed E-state index contributed by atoms with van der Waals surface area (Å²) in [6, 6.07) is 3.16. The van der Waals surface area contributed by atoms with Gasteiger partial charge in [-0.1, -0.05) is 0 Å². The summed E-state index contributed by atoms with van der Waals surface area (Å²) in [6.07, 6.45) is 2.51. The Morgan fingerprint density at radius 3 is 3.14 bits per heavy atom. The van der Waals surface area contributed by atoms with Gasteiger partial charge in [0.2, 0.25) is 0 Å². The Kier molecular flexibility index (Phi) is 3.56. The van der Waals surface area contributed by atoms with E-state index in [4.69, 9.17) is 5.26 Å². The van der Waals surface area contributed by atoms with Gasteiger partial charge in [-0.3, -0.25) is 9.78 Å². The Hall–Kier alpha value is -1.96. The van der Waals surface area contributed by atoms with E-state index in [-0.39, 0.29) is 18.5 Å². The lowest BCUT2D eigenvalue weighted by atomic mass is 10.2. The number of nitrogens with one attached hydrogen (secondary N) is 1. The van der Waals surface area contributed by atoms with Crippen LogP contribution in [0, 0.1) is 17.1 Å². The zero-order valence-electron chi connectivity index (χ0n) is 7.33. The Morgan fingerprint density at radius 1 is 1.71 bits per heavy atom. The van der Waals surface area contributed by atoms with E-state index in [0.29, 0.717) is 0 Å². The zero-order valence-corrected chi connectivity index (χ0v) is 7.33. The van der Waals surface area contributed by atoms with Gasteiger partial charge in [0.1, 0.15) is 0 Å². The van der Waals surface area contributed by atoms with Crippen LogP contribution in [0.1, 0.15) is 16.8 Å². The molecule has 1 heterocycles. The van der Waals surface area contributed by atoms with Gasteiger partial charge >= 0.3 is 0 Å². The lowest BCUT2D eigenvalue weighted by Gasteiger charge is -2.02. The summed E-state index contributed by atoms with van der Waals surface area (Å²) in [5.74, 6) is -1.19. The fourth-order valence-electron chi connectivity index (χ4n) is 0.886. The molecule has 0 atom stereocenters. The van der Waals surface area contributed by atoms with Crippen molar-refractivity contribution >= 4 is 5.91 Å². The molecule has 0 unspecified atom stereocenters. The predicted octanol–water partition coefficient (Wildman–Crippen LogP) is 0.864. The second-order valence-corrected chi connectivity index (χ2v) is 2.52. The Labute approximate surface area is 80.4 Å². The Morgan fingerprint density at radius 2 is 2.50 bits per heavy atom. The lowest BCUT2D eigenvalue weighted by molar-refractivity contribution is 0.0950. The van der Waals surface area contributed by atoms with Crippen LogP contribution in [0.3, 0.4) is 0 Å². The summed E-state index contributed by atoms with van der Waals surface area (Å²) in [4.78, 5) is 14.8. The highest BCUT2D eigenvalue weighted by atomic mass is 19.1. The minimum absolute atomic E-state index is 0.0575. The molecule has 0 aliphatic carbocycles. The van der Waals surface area contributed by atoms with Crippen molar-refractivity contribution in [2.45, 2.75) is 6.42 Å². The largest absolute Gasteiger partial charge is 0.351 e. The average Bonchev–Trinajstić information content (AvgIpc) is 2.18. The molecule has 0 spiro atoms. The van der Waals surface area contributed by atoms with Crippen LogP contribution in [0.4, 0.5) is 4.39 Å². The molecular weight excluding hydrogens is 185 g/mol. The van der Waals surface area contributed by atoms with Crippen molar-refractivity contribution in [3.8, 4) is 6.07 Å². The number of carbonyl (C=O) groups excluding carboxylic acids is 1. The van der Waals surface area contributed by atoms with Gasteiger partial charge < -0.3 is 5.32 Å². The van der Waals surface area contributed by atoms with Gasteiger partial charge in [0.05, 0.1) is 24.3 Å². The number of halogens is 1. The van der Waals surface area contributed by atoms with E-state index in [1.807, 2.05) is 6.07 Å². The highest BCUT2D eigenvalue weighted by Crippen LogP contribution is 2.03. The van der Waals surface area contributed by atoms with Gasteiger partial charge in [-0.25, -0.2) is 4.39 Å². The fraction of sp³-hybridized carbons (Fsp3) is 0.222. The number of aromatic nitrogens is 1. The molecule has 4 nitrogen and oxygen atoms in total. The van der Waals surface area contributed by atoms with Gasteiger partial charge in [0.25, 0.3) is 5.91 Å². The summed E-state index contributed by atoms with van der Waals surface area (Å²) >= 11 is 0. The Balaban J connectivity index is 2.62. The standard InChI is InChI=1S/C9H8FN3O/c10-8-6-12-5-2-7(8)9(14)13-4-1-3-11/h2,5-6H,1,4H2,(H,13,14). The lowest BCUT2D eigenvalue weighted by Crippen LogP contribution is -2.25. The predicted molar refractivity (Wildman–Crippen MR) is 46.8 cm³/mol. The van der Waals surface area contributed by atoms with Crippen molar-refractivity contribution in [1.82, 2.24) is 10.3 Å². The molecule has 0 aromatic carbocycles. The molecule has 0 saturated heterocycles. The molecule has 1 aromatic rings. The van der Waals surface area contributed by atoms with Crippen LogP contribution in [0.5, 0.6) is 0 Å². The molecule has 14 heavy (non-hydrogen) atoms. The minimum Gasteiger partial charge on any atom is -0.351 e. The first kappa shape index (κ1) is 10.1. The maximum absolute atomic E-state index is 13.0. The van der Waals surface area contributed by atoms with Crippen molar-refractivity contribution in [1.29, 1.82) is 5.26 Å². The molecule has 0 bridgehead atoms. The monoisotopic (exact) mass is 193 g/mol. The molecular formula is C9H8FN3O. The van der Waals surface area contributed by atoms with E-state index >= 15 is 0 Å². The highest BCUT2D eigenvalue weighted by molar-refractivity contribution is 5.94. The van der Waals surface area contributed by atoms with Crippen LogP contribution in [-0.2, 0) is 0 Å². The molecule has 1 amide bonds. The summed E-state index contributed by atoms with van der Waals surface area (Å²) < 4.78 is 13.0. The summed E-state index contributed by atoms with van der Waals surface area (Å²) in [5.41, 5.74) is -0.0575. The molecule has 72 valence electrons.